The third-order valence-electron chi connectivity index (χ3n) is 4.32. The molecule has 5 nitrogen and oxygen atoms in total. The summed E-state index contributed by atoms with van der Waals surface area (Å²) in [5.41, 5.74) is 8.00. The summed E-state index contributed by atoms with van der Waals surface area (Å²) >= 11 is 1.45. The van der Waals surface area contributed by atoms with Gasteiger partial charge in [0, 0.05) is 11.3 Å². The lowest BCUT2D eigenvalue weighted by Crippen LogP contribution is -2.11. The number of thiazole rings is 1. The number of carbonyl (C=O) groups is 1. The summed E-state index contributed by atoms with van der Waals surface area (Å²) in [7, 11) is 0. The molecule has 3 aromatic carbocycles. The van der Waals surface area contributed by atoms with Gasteiger partial charge in [0.25, 0.3) is 5.91 Å². The average Bonchev–Trinajstić information content (AvgIpc) is 3.13. The predicted octanol–water partition coefficient (Wildman–Crippen LogP) is 4.81. The molecule has 1 aromatic heterocycles. The van der Waals surface area contributed by atoms with Crippen molar-refractivity contribution in [3.05, 3.63) is 77.9 Å². The van der Waals surface area contributed by atoms with E-state index in [2.05, 4.69) is 15.7 Å². The van der Waals surface area contributed by atoms with Crippen LogP contribution < -0.4 is 16.6 Å². The van der Waals surface area contributed by atoms with Crippen molar-refractivity contribution in [1.82, 2.24) is 4.98 Å². The van der Waals surface area contributed by atoms with E-state index in [0.29, 0.717) is 10.7 Å². The SMILES string of the molecule is Cc1cc(NC(=O)c2ccc(-c3ccccc3)cc2)cc2sc(NN)nc12. The van der Waals surface area contributed by atoms with Gasteiger partial charge in [-0.05, 0) is 47.9 Å². The highest BCUT2D eigenvalue weighted by atomic mass is 32.1. The Bertz CT molecular complexity index is 1100. The highest BCUT2D eigenvalue weighted by molar-refractivity contribution is 7.22. The van der Waals surface area contributed by atoms with Crippen LogP contribution in [0.5, 0.6) is 0 Å². The normalized spacial score (nSPS) is 10.7. The molecule has 134 valence electrons. The van der Waals surface area contributed by atoms with E-state index in [1.54, 1.807) is 0 Å². The number of hydrogen-bond donors (Lipinski definition) is 3. The van der Waals surface area contributed by atoms with Gasteiger partial charge in [-0.3, -0.25) is 10.2 Å². The number of carbonyl (C=O) groups excluding carboxylic acids is 1. The molecule has 6 heteroatoms. The molecular weight excluding hydrogens is 356 g/mol. The summed E-state index contributed by atoms with van der Waals surface area (Å²) in [4.78, 5) is 17.0. The molecule has 0 aliphatic carbocycles. The number of nitrogens with zero attached hydrogens (tertiary/aromatic N) is 1. The Morgan fingerprint density at radius 2 is 1.70 bits per heavy atom. The van der Waals surface area contributed by atoms with Crippen LogP contribution in [0.2, 0.25) is 0 Å². The summed E-state index contributed by atoms with van der Waals surface area (Å²) in [6.45, 7) is 1.96. The Labute approximate surface area is 160 Å². The molecular formula is C21H18N4OS. The summed E-state index contributed by atoms with van der Waals surface area (Å²) in [5.74, 6) is 5.30. The summed E-state index contributed by atoms with van der Waals surface area (Å²) in [6.07, 6.45) is 0. The lowest BCUT2D eigenvalue weighted by Gasteiger charge is -2.08. The van der Waals surface area contributed by atoms with Gasteiger partial charge in [-0.2, -0.15) is 0 Å². The predicted molar refractivity (Wildman–Crippen MR) is 112 cm³/mol. The van der Waals surface area contributed by atoms with E-state index < -0.39 is 0 Å². The van der Waals surface area contributed by atoms with E-state index >= 15 is 0 Å². The second-order valence-electron chi connectivity index (χ2n) is 6.20. The van der Waals surface area contributed by atoms with Crippen LogP contribution in [-0.2, 0) is 0 Å². The lowest BCUT2D eigenvalue weighted by molar-refractivity contribution is 0.102. The van der Waals surface area contributed by atoms with E-state index in [1.165, 1.54) is 11.3 Å². The first-order valence-electron chi connectivity index (χ1n) is 8.49. The number of nitrogens with two attached hydrogens (primary N) is 1. The van der Waals surface area contributed by atoms with Gasteiger partial charge in [0.05, 0.1) is 10.2 Å². The number of aromatic nitrogens is 1. The van der Waals surface area contributed by atoms with Crippen LogP contribution in [0.15, 0.2) is 66.7 Å². The number of nitrogens with one attached hydrogen (secondary N) is 2. The molecule has 1 amide bonds. The molecule has 1 heterocycles. The Balaban J connectivity index is 1.56. The zero-order valence-corrected chi connectivity index (χ0v) is 15.5. The van der Waals surface area contributed by atoms with Crippen molar-refractivity contribution in [2.45, 2.75) is 6.92 Å². The van der Waals surface area contributed by atoms with Gasteiger partial charge in [0.1, 0.15) is 0 Å². The fourth-order valence-electron chi connectivity index (χ4n) is 2.98. The van der Waals surface area contributed by atoms with Crippen molar-refractivity contribution in [1.29, 1.82) is 0 Å². The van der Waals surface area contributed by atoms with Crippen molar-refractivity contribution >= 4 is 38.3 Å². The van der Waals surface area contributed by atoms with Gasteiger partial charge < -0.3 is 5.32 Å². The van der Waals surface area contributed by atoms with E-state index in [0.717, 1.165) is 32.6 Å². The highest BCUT2D eigenvalue weighted by Crippen LogP contribution is 2.31. The molecule has 4 N–H and O–H groups in total. The van der Waals surface area contributed by atoms with Crippen LogP contribution >= 0.6 is 11.3 Å². The summed E-state index contributed by atoms with van der Waals surface area (Å²) in [5, 5.41) is 3.61. The van der Waals surface area contributed by atoms with E-state index in [9.17, 15) is 4.79 Å². The first-order chi connectivity index (χ1) is 13.1. The minimum atomic E-state index is -0.143. The smallest absolute Gasteiger partial charge is 0.255 e. The number of hydrogen-bond acceptors (Lipinski definition) is 5. The lowest BCUT2D eigenvalue weighted by atomic mass is 10.0. The maximum atomic E-state index is 12.6. The molecule has 0 saturated carbocycles. The van der Waals surface area contributed by atoms with Crippen LogP contribution in [0, 0.1) is 6.92 Å². The number of benzene rings is 3. The van der Waals surface area contributed by atoms with Crippen LogP contribution in [0.4, 0.5) is 10.8 Å². The number of anilines is 2. The molecule has 0 bridgehead atoms. The second-order valence-corrected chi connectivity index (χ2v) is 7.23. The van der Waals surface area contributed by atoms with Crippen molar-refractivity contribution in [2.24, 2.45) is 5.84 Å². The molecule has 0 spiro atoms. The summed E-state index contributed by atoms with van der Waals surface area (Å²) < 4.78 is 0.970. The van der Waals surface area contributed by atoms with Crippen molar-refractivity contribution < 1.29 is 4.79 Å². The van der Waals surface area contributed by atoms with Crippen LogP contribution in [0.3, 0.4) is 0 Å². The van der Waals surface area contributed by atoms with Crippen molar-refractivity contribution in [2.75, 3.05) is 10.7 Å². The highest BCUT2D eigenvalue weighted by Gasteiger charge is 2.11. The first-order valence-corrected chi connectivity index (χ1v) is 9.30. The number of fused-ring (bicyclic) bond motifs is 1. The molecule has 4 rings (SSSR count). The van der Waals surface area contributed by atoms with E-state index in [4.69, 9.17) is 5.84 Å². The Hall–Kier alpha value is -3.22. The third kappa shape index (κ3) is 3.53. The number of hydrazine groups is 1. The fraction of sp³-hybridized carbons (Fsp3) is 0.0476. The molecule has 0 radical (unpaired) electrons. The molecule has 0 aliphatic rings. The zero-order chi connectivity index (χ0) is 18.8. The topological polar surface area (TPSA) is 80.0 Å². The molecule has 0 fully saturated rings. The summed E-state index contributed by atoms with van der Waals surface area (Å²) in [6, 6.07) is 21.5. The zero-order valence-electron chi connectivity index (χ0n) is 14.7. The molecule has 4 aromatic rings. The molecule has 0 atom stereocenters. The minimum absolute atomic E-state index is 0.143. The average molecular weight is 374 g/mol. The van der Waals surface area contributed by atoms with Gasteiger partial charge >= 0.3 is 0 Å². The maximum absolute atomic E-state index is 12.6. The fourth-order valence-corrected chi connectivity index (χ4v) is 3.87. The van der Waals surface area contributed by atoms with Gasteiger partial charge in [-0.1, -0.05) is 53.8 Å². The Kier molecular flexibility index (Phi) is 4.58. The number of nitrogen functional groups attached to an aromatic ring is 1. The van der Waals surface area contributed by atoms with Gasteiger partial charge in [0.15, 0.2) is 5.13 Å². The monoisotopic (exact) mass is 374 g/mol. The molecule has 0 saturated heterocycles. The van der Waals surface area contributed by atoms with Crippen LogP contribution in [0.25, 0.3) is 21.3 Å². The number of rotatable bonds is 4. The van der Waals surface area contributed by atoms with Crippen molar-refractivity contribution in [3.8, 4) is 11.1 Å². The minimum Gasteiger partial charge on any atom is -0.322 e. The second kappa shape index (κ2) is 7.19. The van der Waals surface area contributed by atoms with Crippen molar-refractivity contribution in [3.63, 3.8) is 0 Å². The van der Waals surface area contributed by atoms with Crippen LogP contribution in [0.1, 0.15) is 15.9 Å². The Morgan fingerprint density at radius 3 is 2.41 bits per heavy atom. The van der Waals surface area contributed by atoms with Gasteiger partial charge in [-0.15, -0.1) is 0 Å². The van der Waals surface area contributed by atoms with Gasteiger partial charge in [0.2, 0.25) is 0 Å². The maximum Gasteiger partial charge on any atom is 0.255 e. The molecule has 27 heavy (non-hydrogen) atoms. The molecule has 0 aliphatic heterocycles. The van der Waals surface area contributed by atoms with E-state index in [-0.39, 0.29) is 5.91 Å². The first kappa shape index (κ1) is 17.2. The standard InChI is InChI=1S/C21H18N4OS/c1-13-11-17(12-18-19(13)24-21(25-22)27-18)23-20(26)16-9-7-15(8-10-16)14-5-3-2-4-6-14/h2-12H,22H2,1H3,(H,23,26)(H,24,25). The Morgan fingerprint density at radius 1 is 1.00 bits per heavy atom. The number of amides is 1. The molecule has 0 unspecified atom stereocenters. The van der Waals surface area contributed by atoms with Gasteiger partial charge in [-0.25, -0.2) is 10.8 Å². The van der Waals surface area contributed by atoms with E-state index in [1.807, 2.05) is 73.7 Å². The largest absolute Gasteiger partial charge is 0.322 e. The van der Waals surface area contributed by atoms with Crippen LogP contribution in [-0.4, -0.2) is 10.9 Å². The third-order valence-corrected chi connectivity index (χ3v) is 5.25. The number of aryl methyl sites for hydroxylation is 1. The quantitative estimate of drug-likeness (QED) is 0.354.